The van der Waals surface area contributed by atoms with Crippen molar-refractivity contribution >= 4 is 5.97 Å². The van der Waals surface area contributed by atoms with Gasteiger partial charge in [0.2, 0.25) is 0 Å². The van der Waals surface area contributed by atoms with Gasteiger partial charge in [-0.2, -0.15) is 0 Å². The number of benzene rings is 2. The van der Waals surface area contributed by atoms with Crippen molar-refractivity contribution in [1.82, 2.24) is 0 Å². The smallest absolute Gasteiger partial charge is 0.308 e. The van der Waals surface area contributed by atoms with Crippen LogP contribution in [-0.2, 0) is 37.0 Å². The average Bonchev–Trinajstić information content (AvgIpc) is 3.40. The molecule has 2 aromatic carbocycles. The van der Waals surface area contributed by atoms with Crippen molar-refractivity contribution in [2.24, 2.45) is 17.8 Å². The predicted octanol–water partition coefficient (Wildman–Crippen LogP) is 9.49. The van der Waals surface area contributed by atoms with Crippen molar-refractivity contribution in [3.8, 4) is 5.75 Å². The Labute approximate surface area is 279 Å². The maximum Gasteiger partial charge on any atom is 0.308 e. The second-order valence-corrected chi connectivity index (χ2v) is 13.5. The third kappa shape index (κ3) is 14.4. The van der Waals surface area contributed by atoms with Gasteiger partial charge in [0.05, 0.1) is 38.4 Å². The number of carbonyl (C=O) groups excluding carboxylic acids is 1. The molecule has 6 heteroatoms. The van der Waals surface area contributed by atoms with Crippen molar-refractivity contribution in [1.29, 1.82) is 0 Å². The van der Waals surface area contributed by atoms with Crippen LogP contribution in [-0.4, -0.2) is 44.6 Å². The number of hydrogen-bond donors (Lipinski definition) is 0. The Morgan fingerprint density at radius 3 is 2.37 bits per heavy atom. The van der Waals surface area contributed by atoms with Crippen LogP contribution in [0.1, 0.15) is 103 Å². The molecule has 0 N–H and O–H groups in total. The summed E-state index contributed by atoms with van der Waals surface area (Å²) in [7, 11) is 1.68. The van der Waals surface area contributed by atoms with Gasteiger partial charge >= 0.3 is 5.97 Å². The minimum atomic E-state index is -0.102. The first kappa shape index (κ1) is 37.8. The number of ether oxygens (including phenoxy) is 5. The molecule has 0 bridgehead atoms. The van der Waals surface area contributed by atoms with Crippen LogP contribution in [0.3, 0.4) is 0 Å². The second kappa shape index (κ2) is 21.3. The average molecular weight is 637 g/mol. The van der Waals surface area contributed by atoms with E-state index in [4.69, 9.17) is 23.7 Å². The van der Waals surface area contributed by atoms with Crippen LogP contribution >= 0.6 is 0 Å². The van der Waals surface area contributed by atoms with Crippen molar-refractivity contribution < 1.29 is 28.5 Å². The van der Waals surface area contributed by atoms with E-state index in [1.54, 1.807) is 7.11 Å². The molecule has 6 nitrogen and oxygen atoms in total. The molecule has 0 unspecified atom stereocenters. The molecule has 1 fully saturated rings. The topological polar surface area (TPSA) is 63.2 Å². The Morgan fingerprint density at radius 2 is 1.65 bits per heavy atom. The van der Waals surface area contributed by atoms with Gasteiger partial charge in [0.15, 0.2) is 0 Å². The predicted molar refractivity (Wildman–Crippen MR) is 186 cm³/mol. The van der Waals surface area contributed by atoms with E-state index in [0.717, 1.165) is 81.1 Å². The highest BCUT2D eigenvalue weighted by Crippen LogP contribution is 2.31. The fourth-order valence-electron chi connectivity index (χ4n) is 6.30. The molecule has 1 saturated heterocycles. The number of rotatable bonds is 23. The molecule has 0 spiro atoms. The zero-order valence-corrected chi connectivity index (χ0v) is 29.2. The van der Waals surface area contributed by atoms with Crippen LogP contribution in [0.5, 0.6) is 5.75 Å². The highest BCUT2D eigenvalue weighted by molar-refractivity contribution is 5.72. The molecule has 0 amide bonds. The van der Waals surface area contributed by atoms with Crippen molar-refractivity contribution in [3.63, 3.8) is 0 Å². The highest BCUT2D eigenvalue weighted by atomic mass is 16.5. The second-order valence-electron chi connectivity index (χ2n) is 13.5. The largest absolute Gasteiger partial charge is 0.497 e. The first-order valence-corrected chi connectivity index (χ1v) is 17.6. The minimum Gasteiger partial charge on any atom is -0.497 e. The maximum absolute atomic E-state index is 13.0. The van der Waals surface area contributed by atoms with Crippen molar-refractivity contribution in [3.05, 3.63) is 77.9 Å². The van der Waals surface area contributed by atoms with E-state index in [1.165, 1.54) is 5.56 Å². The van der Waals surface area contributed by atoms with Gasteiger partial charge in [0.25, 0.3) is 0 Å². The molecule has 3 rings (SSSR count). The molecule has 0 aliphatic carbocycles. The Balaban J connectivity index is 1.26. The zero-order valence-electron chi connectivity index (χ0n) is 29.2. The van der Waals surface area contributed by atoms with Gasteiger partial charge in [-0.3, -0.25) is 4.79 Å². The molecular formula is C40H60O6. The normalized spacial score (nSPS) is 19.8. The van der Waals surface area contributed by atoms with Crippen LogP contribution in [0.2, 0.25) is 0 Å². The Bertz CT molecular complexity index is 1120. The van der Waals surface area contributed by atoms with Gasteiger partial charge in [-0.1, -0.05) is 102 Å². The lowest BCUT2D eigenvalue weighted by Crippen LogP contribution is -2.24. The summed E-state index contributed by atoms with van der Waals surface area (Å²) in [6.07, 6.45) is 9.85. The van der Waals surface area contributed by atoms with E-state index in [0.29, 0.717) is 44.4 Å². The Kier molecular flexibility index (Phi) is 17.5. The van der Waals surface area contributed by atoms with Crippen LogP contribution in [0.15, 0.2) is 66.7 Å². The fraction of sp³-hybridized carbons (Fsp3) is 0.625. The van der Waals surface area contributed by atoms with Crippen molar-refractivity contribution in [2.45, 2.75) is 123 Å². The quantitative estimate of drug-likeness (QED) is 0.0688. The molecule has 2 aromatic rings. The summed E-state index contributed by atoms with van der Waals surface area (Å²) in [5, 5.41) is 0. The Hall–Kier alpha value is -2.67. The SMILES string of the molecule is C=C(C[C@@H](C)COCc1ccccc1)C[C@@H](CCC)OC(=O)[C@@H](C)CCCC[C@@H]1O[C@@H](CCOCc2ccc(OC)cc2)C[C@@H]1C. The summed E-state index contributed by atoms with van der Waals surface area (Å²) in [5.41, 5.74) is 3.46. The lowest BCUT2D eigenvalue weighted by Gasteiger charge is -2.22. The molecule has 0 radical (unpaired) electrons. The maximum atomic E-state index is 13.0. The third-order valence-corrected chi connectivity index (χ3v) is 8.99. The summed E-state index contributed by atoms with van der Waals surface area (Å²) >= 11 is 0. The molecule has 1 heterocycles. The van der Waals surface area contributed by atoms with E-state index in [9.17, 15) is 4.79 Å². The monoisotopic (exact) mass is 636 g/mol. The highest BCUT2D eigenvalue weighted by Gasteiger charge is 2.31. The van der Waals surface area contributed by atoms with Crippen LogP contribution in [0.25, 0.3) is 0 Å². The van der Waals surface area contributed by atoms with E-state index >= 15 is 0 Å². The van der Waals surface area contributed by atoms with E-state index in [-0.39, 0.29) is 24.1 Å². The number of hydrogen-bond acceptors (Lipinski definition) is 6. The standard InChI is InChI=1S/C40H60O6/c1-7-13-37(25-30(2)24-31(3)27-44-29-34-15-9-8-10-16-34)46-40(41)32(4)14-11-12-17-39-33(5)26-38(45-39)22-23-43-28-35-18-20-36(42-6)21-19-35/h8-10,15-16,18-21,31-33,37-39H,2,7,11-14,17,22-29H2,1,3-6H3/t31-,32+,33+,37-,38+,39+/m1/s1. The number of unbranched alkanes of at least 4 members (excludes halogenated alkanes) is 1. The summed E-state index contributed by atoms with van der Waals surface area (Å²) in [6, 6.07) is 18.3. The molecule has 6 atom stereocenters. The minimum absolute atomic E-state index is 0.0781. The van der Waals surface area contributed by atoms with Crippen LogP contribution < -0.4 is 4.74 Å². The van der Waals surface area contributed by atoms with Gasteiger partial charge in [0, 0.05) is 19.6 Å². The Morgan fingerprint density at radius 1 is 0.935 bits per heavy atom. The van der Waals surface area contributed by atoms with E-state index < -0.39 is 0 Å². The van der Waals surface area contributed by atoms with Crippen molar-refractivity contribution in [2.75, 3.05) is 20.3 Å². The molecule has 1 aliphatic rings. The molecular weight excluding hydrogens is 576 g/mol. The van der Waals surface area contributed by atoms with Crippen LogP contribution in [0, 0.1) is 17.8 Å². The molecule has 1 aliphatic heterocycles. The molecule has 256 valence electrons. The van der Waals surface area contributed by atoms with E-state index in [2.05, 4.69) is 39.5 Å². The van der Waals surface area contributed by atoms with Gasteiger partial charge in [-0.25, -0.2) is 0 Å². The van der Waals surface area contributed by atoms with Crippen LogP contribution in [0.4, 0.5) is 0 Å². The van der Waals surface area contributed by atoms with Gasteiger partial charge < -0.3 is 23.7 Å². The summed E-state index contributed by atoms with van der Waals surface area (Å²) in [5.74, 6) is 1.60. The zero-order chi connectivity index (χ0) is 33.1. The number of esters is 1. The first-order chi connectivity index (χ1) is 22.3. The summed E-state index contributed by atoms with van der Waals surface area (Å²) in [4.78, 5) is 13.0. The summed E-state index contributed by atoms with van der Waals surface area (Å²) in [6.45, 7) is 15.6. The lowest BCUT2D eigenvalue weighted by atomic mass is 9.95. The third-order valence-electron chi connectivity index (χ3n) is 8.99. The lowest BCUT2D eigenvalue weighted by molar-refractivity contribution is -0.154. The number of methoxy groups -OCH3 is 1. The van der Waals surface area contributed by atoms with Gasteiger partial charge in [-0.15, -0.1) is 0 Å². The van der Waals surface area contributed by atoms with Gasteiger partial charge in [-0.05, 0) is 73.6 Å². The first-order valence-electron chi connectivity index (χ1n) is 17.6. The number of carbonyl (C=O) groups is 1. The summed E-state index contributed by atoms with van der Waals surface area (Å²) < 4.78 is 29.5. The molecule has 46 heavy (non-hydrogen) atoms. The fourth-order valence-corrected chi connectivity index (χ4v) is 6.30. The molecule has 0 aromatic heterocycles. The molecule has 0 saturated carbocycles. The van der Waals surface area contributed by atoms with E-state index in [1.807, 2.05) is 49.4 Å². The van der Waals surface area contributed by atoms with Gasteiger partial charge in [0.1, 0.15) is 11.9 Å².